The molecule has 0 aliphatic carbocycles. The summed E-state index contributed by atoms with van der Waals surface area (Å²) in [7, 11) is 0. The van der Waals surface area contributed by atoms with Crippen molar-refractivity contribution in [3.8, 4) is 0 Å². The number of benzene rings is 2. The largest absolute Gasteiger partial charge is 0.321 e. The van der Waals surface area contributed by atoms with Crippen LogP contribution in [0.15, 0.2) is 53.6 Å². The molecule has 122 valence electrons. The van der Waals surface area contributed by atoms with Gasteiger partial charge in [-0.2, -0.15) is 5.10 Å². The summed E-state index contributed by atoms with van der Waals surface area (Å²) >= 11 is 5.97. The molecule has 2 aromatic rings. The molecule has 1 heterocycles. The van der Waals surface area contributed by atoms with Crippen molar-refractivity contribution < 1.29 is 9.59 Å². The van der Waals surface area contributed by atoms with Gasteiger partial charge in [-0.15, -0.1) is 0 Å². The van der Waals surface area contributed by atoms with Gasteiger partial charge >= 0.3 is 0 Å². The molecule has 0 saturated carbocycles. The summed E-state index contributed by atoms with van der Waals surface area (Å²) in [5, 5.41) is 8.88. The summed E-state index contributed by atoms with van der Waals surface area (Å²) in [6.07, 6.45) is 0.559. The lowest BCUT2D eigenvalue weighted by atomic mass is 10.1. The smallest absolute Gasteiger partial charge is 0.271 e. The first-order valence-electron chi connectivity index (χ1n) is 7.57. The van der Waals surface area contributed by atoms with Crippen LogP contribution in [0.3, 0.4) is 0 Å². The molecule has 3 rings (SSSR count). The third kappa shape index (κ3) is 3.46. The van der Waals surface area contributed by atoms with Gasteiger partial charge in [0.2, 0.25) is 5.91 Å². The van der Waals surface area contributed by atoms with E-state index in [-0.39, 0.29) is 18.2 Å². The van der Waals surface area contributed by atoms with Gasteiger partial charge in [-0.1, -0.05) is 35.9 Å². The maximum atomic E-state index is 12.5. The molecule has 0 bridgehead atoms. The Morgan fingerprint density at radius 3 is 2.67 bits per heavy atom. The van der Waals surface area contributed by atoms with Gasteiger partial charge in [0.1, 0.15) is 5.71 Å². The molecule has 0 fully saturated rings. The van der Waals surface area contributed by atoms with E-state index >= 15 is 0 Å². The maximum Gasteiger partial charge on any atom is 0.271 e. The second-order valence-corrected chi connectivity index (χ2v) is 5.94. The van der Waals surface area contributed by atoms with Gasteiger partial charge in [0.05, 0.1) is 5.69 Å². The summed E-state index contributed by atoms with van der Waals surface area (Å²) in [6, 6.07) is 14.4. The lowest BCUT2D eigenvalue weighted by molar-refractivity contribution is -0.118. The number of amides is 2. The molecule has 1 N–H and O–H groups in total. The van der Waals surface area contributed by atoms with Crippen molar-refractivity contribution in [1.29, 1.82) is 0 Å². The van der Waals surface area contributed by atoms with E-state index in [1.807, 2.05) is 31.2 Å². The Morgan fingerprint density at radius 1 is 1.17 bits per heavy atom. The van der Waals surface area contributed by atoms with E-state index < -0.39 is 0 Å². The fraction of sp³-hybridized carbons (Fsp3) is 0.167. The van der Waals surface area contributed by atoms with Gasteiger partial charge in [-0.3, -0.25) is 9.59 Å². The molecule has 2 aromatic carbocycles. The molecule has 1 aliphatic rings. The van der Waals surface area contributed by atoms with Gasteiger partial charge in [0.15, 0.2) is 0 Å². The zero-order valence-corrected chi connectivity index (χ0v) is 13.9. The van der Waals surface area contributed by atoms with E-state index in [4.69, 9.17) is 11.6 Å². The molecule has 0 atom stereocenters. The summed E-state index contributed by atoms with van der Waals surface area (Å²) < 4.78 is 0. The Morgan fingerprint density at radius 2 is 1.92 bits per heavy atom. The fourth-order valence-electron chi connectivity index (χ4n) is 2.41. The minimum Gasteiger partial charge on any atom is -0.321 e. The second kappa shape index (κ2) is 6.84. The first-order valence-corrected chi connectivity index (χ1v) is 7.95. The molecule has 24 heavy (non-hydrogen) atoms. The van der Waals surface area contributed by atoms with Crippen LogP contribution in [0.25, 0.3) is 0 Å². The highest BCUT2D eigenvalue weighted by molar-refractivity contribution is 6.44. The highest BCUT2D eigenvalue weighted by Gasteiger charge is 2.25. The number of hydrazone groups is 1. The third-order valence-electron chi connectivity index (χ3n) is 3.74. The van der Waals surface area contributed by atoms with Crippen LogP contribution >= 0.6 is 11.6 Å². The van der Waals surface area contributed by atoms with E-state index in [1.165, 1.54) is 5.01 Å². The van der Waals surface area contributed by atoms with Crippen molar-refractivity contribution in [3.63, 3.8) is 0 Å². The van der Waals surface area contributed by atoms with Crippen molar-refractivity contribution in [2.24, 2.45) is 5.10 Å². The Bertz CT molecular complexity index is 818. The number of nitrogens with zero attached hydrogens (tertiary/aromatic N) is 2. The number of rotatable bonds is 3. The number of para-hydroxylation sites is 1. The minimum absolute atomic E-state index is 0.128. The number of hydrogen-bond donors (Lipinski definition) is 1. The van der Waals surface area contributed by atoms with Crippen LogP contribution in [0.2, 0.25) is 5.02 Å². The summed E-state index contributed by atoms with van der Waals surface area (Å²) in [5.41, 5.74) is 2.50. The van der Waals surface area contributed by atoms with Crippen LogP contribution < -0.4 is 10.3 Å². The van der Waals surface area contributed by atoms with Crippen LogP contribution in [0, 0.1) is 6.92 Å². The molecule has 0 aromatic heterocycles. The average molecular weight is 342 g/mol. The molecular weight excluding hydrogens is 326 g/mol. The average Bonchev–Trinajstić information content (AvgIpc) is 2.59. The van der Waals surface area contributed by atoms with E-state index in [2.05, 4.69) is 10.4 Å². The number of aryl methyl sites for hydroxylation is 1. The summed E-state index contributed by atoms with van der Waals surface area (Å²) in [5.74, 6) is -0.453. The van der Waals surface area contributed by atoms with Gasteiger partial charge < -0.3 is 5.32 Å². The van der Waals surface area contributed by atoms with Crippen LogP contribution in [-0.4, -0.2) is 17.5 Å². The quantitative estimate of drug-likeness (QED) is 0.923. The molecule has 0 radical (unpaired) electrons. The Hall–Kier alpha value is -2.66. The standard InChI is InChI=1S/C18H16ClN3O2/c1-12-7-8-13(19)11-16(12)20-18(24)15-9-10-17(23)22(21-15)14-5-3-2-4-6-14/h2-8,11H,9-10H2,1H3,(H,20,24). The molecular formula is C18H16ClN3O2. The number of anilines is 2. The normalized spacial score (nSPS) is 14.3. The van der Waals surface area contributed by atoms with Crippen molar-refractivity contribution in [1.82, 2.24) is 0 Å². The first-order chi connectivity index (χ1) is 11.5. The van der Waals surface area contributed by atoms with Crippen LogP contribution in [0.4, 0.5) is 11.4 Å². The van der Waals surface area contributed by atoms with Crippen molar-refractivity contribution in [2.45, 2.75) is 19.8 Å². The predicted octanol–water partition coefficient (Wildman–Crippen LogP) is 3.77. The Kier molecular flexibility index (Phi) is 4.62. The summed E-state index contributed by atoms with van der Waals surface area (Å²) in [6.45, 7) is 1.88. The molecule has 0 spiro atoms. The topological polar surface area (TPSA) is 61.8 Å². The SMILES string of the molecule is Cc1ccc(Cl)cc1NC(=O)C1=NN(c2ccccc2)C(=O)CC1. The molecule has 0 unspecified atom stereocenters. The number of carbonyl (C=O) groups excluding carboxylic acids is 2. The Balaban J connectivity index is 1.84. The number of carbonyl (C=O) groups is 2. The van der Waals surface area contributed by atoms with E-state index in [0.29, 0.717) is 28.5 Å². The molecule has 6 heteroatoms. The zero-order valence-electron chi connectivity index (χ0n) is 13.1. The van der Waals surface area contributed by atoms with E-state index in [9.17, 15) is 9.59 Å². The Labute approximate surface area is 144 Å². The molecule has 0 saturated heterocycles. The lowest BCUT2D eigenvalue weighted by Gasteiger charge is -2.23. The lowest BCUT2D eigenvalue weighted by Crippen LogP contribution is -2.36. The molecule has 2 amide bonds. The zero-order chi connectivity index (χ0) is 17.1. The minimum atomic E-state index is -0.325. The van der Waals surface area contributed by atoms with Crippen LogP contribution in [0.5, 0.6) is 0 Å². The number of nitrogens with one attached hydrogen (secondary N) is 1. The molecule has 5 nitrogen and oxygen atoms in total. The van der Waals surface area contributed by atoms with Crippen molar-refractivity contribution >= 4 is 40.5 Å². The first kappa shape index (κ1) is 16.2. The van der Waals surface area contributed by atoms with E-state index in [1.54, 1.807) is 24.3 Å². The highest BCUT2D eigenvalue weighted by Crippen LogP contribution is 2.22. The van der Waals surface area contributed by atoms with Gasteiger partial charge in [-0.05, 0) is 36.8 Å². The van der Waals surface area contributed by atoms with E-state index in [0.717, 1.165) is 5.56 Å². The van der Waals surface area contributed by atoms with Crippen LogP contribution in [0.1, 0.15) is 18.4 Å². The monoisotopic (exact) mass is 341 g/mol. The highest BCUT2D eigenvalue weighted by atomic mass is 35.5. The molecule has 1 aliphatic heterocycles. The third-order valence-corrected chi connectivity index (χ3v) is 3.98. The summed E-state index contributed by atoms with van der Waals surface area (Å²) in [4.78, 5) is 24.6. The maximum absolute atomic E-state index is 12.5. The van der Waals surface area contributed by atoms with Crippen molar-refractivity contribution in [3.05, 3.63) is 59.1 Å². The number of hydrogen-bond acceptors (Lipinski definition) is 3. The van der Waals surface area contributed by atoms with Gasteiger partial charge in [-0.25, -0.2) is 5.01 Å². The number of halogens is 1. The predicted molar refractivity (Wildman–Crippen MR) is 95.4 cm³/mol. The van der Waals surface area contributed by atoms with Gasteiger partial charge in [0.25, 0.3) is 5.91 Å². The van der Waals surface area contributed by atoms with Crippen molar-refractivity contribution in [2.75, 3.05) is 10.3 Å². The van der Waals surface area contributed by atoms with Crippen LogP contribution in [-0.2, 0) is 9.59 Å². The van der Waals surface area contributed by atoms with Gasteiger partial charge in [0, 0.05) is 23.6 Å². The second-order valence-electron chi connectivity index (χ2n) is 5.50. The fourth-order valence-corrected chi connectivity index (χ4v) is 2.58.